The maximum atomic E-state index is 10.5. The molecule has 0 bridgehead atoms. The molecule has 0 aliphatic rings. The average Bonchev–Trinajstić information content (AvgIpc) is 2.40. The van der Waals surface area contributed by atoms with Crippen molar-refractivity contribution in [3.8, 4) is 0 Å². The quantitative estimate of drug-likeness (QED) is 0.204. The van der Waals surface area contributed by atoms with E-state index in [1.165, 1.54) is 0 Å². The van der Waals surface area contributed by atoms with Crippen molar-refractivity contribution in [3.63, 3.8) is 0 Å². The number of rotatable bonds is 11. The summed E-state index contributed by atoms with van der Waals surface area (Å²) in [7, 11) is 0. The Balaban J connectivity index is 4.25. The summed E-state index contributed by atoms with van der Waals surface area (Å²) in [5.74, 6) is -2.93. The number of ether oxygens (including phenoxy) is 3. The molecular formula is C7H12N4O11. The first-order valence-corrected chi connectivity index (χ1v) is 5.36. The summed E-state index contributed by atoms with van der Waals surface area (Å²) in [5, 5.41) is 42.0. The molecule has 0 radical (unpaired) electrons. The fourth-order valence-electron chi connectivity index (χ4n) is 0.825. The van der Waals surface area contributed by atoms with Gasteiger partial charge in [0.2, 0.25) is 0 Å². The van der Waals surface area contributed by atoms with E-state index in [4.69, 9.17) is 0 Å². The maximum Gasteiger partial charge on any atom is 0.577 e. The number of nitro groups is 4. The second-order valence-electron chi connectivity index (χ2n) is 4.11. The molecule has 0 rings (SSSR count). The molecule has 0 aromatic heterocycles. The minimum atomic E-state index is -2.93. The lowest BCUT2D eigenvalue weighted by Crippen LogP contribution is -2.47. The summed E-state index contributed by atoms with van der Waals surface area (Å²) in [6.45, 7) is -1.36. The Morgan fingerprint density at radius 1 is 0.773 bits per heavy atom. The molecule has 0 N–H and O–H groups in total. The normalized spacial score (nSPS) is 11.9. The zero-order chi connectivity index (χ0) is 17.6. The predicted molar refractivity (Wildman–Crippen MR) is 62.6 cm³/mol. The van der Waals surface area contributed by atoms with Gasteiger partial charge in [-0.25, -0.2) is 4.74 Å². The zero-order valence-corrected chi connectivity index (χ0v) is 11.4. The highest BCUT2D eigenvalue weighted by molar-refractivity contribution is 4.57. The molecule has 0 atom stereocenters. The van der Waals surface area contributed by atoms with E-state index in [-0.39, 0.29) is 0 Å². The first-order valence-electron chi connectivity index (χ1n) is 5.36. The van der Waals surface area contributed by atoms with Crippen molar-refractivity contribution < 1.29 is 33.9 Å². The number of hydrogen-bond donors (Lipinski definition) is 0. The minimum Gasteiger partial charge on any atom is -0.340 e. The van der Waals surface area contributed by atoms with E-state index in [2.05, 4.69) is 14.2 Å². The zero-order valence-electron chi connectivity index (χ0n) is 11.4. The van der Waals surface area contributed by atoms with Crippen LogP contribution in [0.25, 0.3) is 0 Å². The highest BCUT2D eigenvalue weighted by Crippen LogP contribution is 2.12. The van der Waals surface area contributed by atoms with Gasteiger partial charge in [-0.15, -0.1) is 0 Å². The summed E-state index contributed by atoms with van der Waals surface area (Å²) in [4.78, 5) is 37.1. The highest BCUT2D eigenvalue weighted by atomic mass is 16.8. The molecule has 0 aromatic rings. The van der Waals surface area contributed by atoms with Crippen LogP contribution in [0.15, 0.2) is 0 Å². The van der Waals surface area contributed by atoms with Gasteiger partial charge in [0.25, 0.3) is 0 Å². The van der Waals surface area contributed by atoms with Gasteiger partial charge in [0.1, 0.15) is 33.4 Å². The van der Waals surface area contributed by atoms with Gasteiger partial charge in [-0.2, -0.15) is 0 Å². The van der Waals surface area contributed by atoms with E-state index in [1.54, 1.807) is 0 Å². The van der Waals surface area contributed by atoms with Crippen LogP contribution in [0.3, 0.4) is 0 Å². The predicted octanol–water partition coefficient (Wildman–Crippen LogP) is -0.552. The summed E-state index contributed by atoms with van der Waals surface area (Å²) in [6, 6.07) is 0. The van der Waals surface area contributed by atoms with Crippen LogP contribution in [0.1, 0.15) is 13.8 Å². The molecule has 0 spiro atoms. The van der Waals surface area contributed by atoms with Gasteiger partial charge in [0, 0.05) is 0 Å². The highest BCUT2D eigenvalue weighted by Gasteiger charge is 2.53. The smallest absolute Gasteiger partial charge is 0.340 e. The van der Waals surface area contributed by atoms with Crippen molar-refractivity contribution in [3.05, 3.63) is 40.5 Å². The van der Waals surface area contributed by atoms with Crippen LogP contribution < -0.4 is 0 Å². The van der Waals surface area contributed by atoms with Crippen molar-refractivity contribution in [2.45, 2.75) is 25.4 Å². The molecule has 22 heavy (non-hydrogen) atoms. The van der Waals surface area contributed by atoms with Gasteiger partial charge in [-0.1, -0.05) is 0 Å². The van der Waals surface area contributed by atoms with E-state index in [0.29, 0.717) is 13.8 Å². The molecular weight excluding hydrogens is 316 g/mol. The SMILES string of the molecule is CC(COCOCOC(C)([N+](=O)[O-])[N+](=O)[O-])([N+](=O)[O-])[N+](=O)[O-]. The largest absolute Gasteiger partial charge is 0.577 e. The van der Waals surface area contributed by atoms with Gasteiger partial charge < -0.3 is 9.47 Å². The lowest BCUT2D eigenvalue weighted by Gasteiger charge is -2.14. The van der Waals surface area contributed by atoms with Crippen molar-refractivity contribution in [1.29, 1.82) is 0 Å². The van der Waals surface area contributed by atoms with Crippen LogP contribution in [0.5, 0.6) is 0 Å². The van der Waals surface area contributed by atoms with Crippen molar-refractivity contribution in [1.82, 2.24) is 0 Å². The molecule has 0 aliphatic carbocycles. The summed E-state index contributed by atoms with van der Waals surface area (Å²) >= 11 is 0. The molecule has 0 saturated carbocycles. The molecule has 0 aromatic carbocycles. The van der Waals surface area contributed by atoms with Crippen molar-refractivity contribution >= 4 is 0 Å². The van der Waals surface area contributed by atoms with Crippen LogP contribution in [-0.2, 0) is 14.2 Å². The number of hydrogen-bond acceptors (Lipinski definition) is 11. The van der Waals surface area contributed by atoms with E-state index < -0.39 is 51.4 Å². The number of nitrogens with zero attached hydrogens (tertiary/aromatic N) is 4. The van der Waals surface area contributed by atoms with E-state index in [0.717, 1.165) is 0 Å². The van der Waals surface area contributed by atoms with Crippen LogP contribution >= 0.6 is 0 Å². The van der Waals surface area contributed by atoms with E-state index >= 15 is 0 Å². The Bertz CT molecular complexity index is 395. The van der Waals surface area contributed by atoms with Gasteiger partial charge >= 0.3 is 11.5 Å². The van der Waals surface area contributed by atoms with E-state index in [9.17, 15) is 40.5 Å². The summed E-state index contributed by atoms with van der Waals surface area (Å²) < 4.78 is 13.3. The Hall–Kier alpha value is -2.52. The molecule has 0 amide bonds. The van der Waals surface area contributed by atoms with Gasteiger partial charge in [-0.3, -0.25) is 40.5 Å². The Morgan fingerprint density at radius 3 is 1.59 bits per heavy atom. The minimum absolute atomic E-state index is 0.577. The van der Waals surface area contributed by atoms with E-state index in [1.807, 2.05) is 0 Å². The topological polar surface area (TPSA) is 200 Å². The lowest BCUT2D eigenvalue weighted by atomic mass is 10.2. The van der Waals surface area contributed by atoms with Gasteiger partial charge in [0.05, 0.1) is 6.92 Å². The molecule has 126 valence electrons. The maximum absolute atomic E-state index is 10.5. The second kappa shape index (κ2) is 7.48. The van der Waals surface area contributed by atoms with Crippen molar-refractivity contribution in [2.24, 2.45) is 0 Å². The fourth-order valence-corrected chi connectivity index (χ4v) is 0.825. The standard InChI is InChI=1S/C7H12N4O11/c1-6(8(12)13,9(14)15)3-20-4-21-5-22-7(2,10(16)17)11(18)19/h3-5H2,1-2H3. The van der Waals surface area contributed by atoms with Crippen molar-refractivity contribution in [2.75, 3.05) is 20.2 Å². The average molecular weight is 328 g/mol. The third-order valence-corrected chi connectivity index (χ3v) is 2.42. The molecule has 0 heterocycles. The third kappa shape index (κ3) is 4.50. The molecule has 15 nitrogen and oxygen atoms in total. The van der Waals surface area contributed by atoms with Crippen LogP contribution in [0, 0.1) is 40.5 Å². The van der Waals surface area contributed by atoms with Crippen LogP contribution in [0.4, 0.5) is 0 Å². The molecule has 0 unspecified atom stereocenters. The lowest BCUT2D eigenvalue weighted by molar-refractivity contribution is -0.847. The molecule has 0 saturated heterocycles. The van der Waals surface area contributed by atoms with Crippen LogP contribution in [-0.4, -0.2) is 51.4 Å². The fraction of sp³-hybridized carbons (Fsp3) is 1.00. The first kappa shape index (κ1) is 19.5. The third-order valence-electron chi connectivity index (χ3n) is 2.42. The van der Waals surface area contributed by atoms with Gasteiger partial charge in [0.15, 0.2) is 13.4 Å². The molecule has 0 aliphatic heterocycles. The summed E-state index contributed by atoms with van der Waals surface area (Å²) in [6.07, 6.45) is 0. The Kier molecular flexibility index (Phi) is 6.62. The van der Waals surface area contributed by atoms with Crippen LogP contribution in [0.2, 0.25) is 0 Å². The Morgan fingerprint density at radius 2 is 1.23 bits per heavy atom. The van der Waals surface area contributed by atoms with Gasteiger partial charge in [-0.05, 0) is 0 Å². The molecule has 15 heteroatoms. The summed E-state index contributed by atoms with van der Waals surface area (Å²) in [5.41, 5.74) is -2.60. The molecule has 0 fully saturated rings. The first-order chi connectivity index (χ1) is 9.98. The Labute approximate surface area is 121 Å². The monoisotopic (exact) mass is 328 g/mol. The second-order valence-corrected chi connectivity index (χ2v) is 4.11.